The van der Waals surface area contributed by atoms with Crippen molar-refractivity contribution in [2.75, 3.05) is 19.7 Å². The molecule has 0 saturated heterocycles. The summed E-state index contributed by atoms with van der Waals surface area (Å²) in [5.74, 6) is -0.465. The first-order valence-corrected chi connectivity index (χ1v) is 11.8. The summed E-state index contributed by atoms with van der Waals surface area (Å²) in [6, 6.07) is 0. The Kier molecular flexibility index (Phi) is 19.2. The van der Waals surface area contributed by atoms with E-state index in [1.54, 1.807) is 0 Å². The molecule has 5 nitrogen and oxygen atoms in total. The molecule has 168 valence electrons. The van der Waals surface area contributed by atoms with Gasteiger partial charge in [0.05, 0.1) is 18.6 Å². The third-order valence-corrected chi connectivity index (χ3v) is 5.68. The van der Waals surface area contributed by atoms with Crippen molar-refractivity contribution in [3.8, 4) is 0 Å². The Bertz CT molecular complexity index is 351. The van der Waals surface area contributed by atoms with Gasteiger partial charge in [0.2, 0.25) is 0 Å². The Hall–Kier alpha value is -0.650. The molecule has 3 atom stereocenters. The van der Waals surface area contributed by atoms with Gasteiger partial charge in [0.15, 0.2) is 0 Å². The highest BCUT2D eigenvalue weighted by Crippen LogP contribution is 2.29. The number of aliphatic hydroxyl groups excluding tert-OH is 2. The fourth-order valence-electron chi connectivity index (χ4n) is 3.97. The van der Waals surface area contributed by atoms with E-state index < -0.39 is 12.1 Å². The number of unbranched alkanes of at least 4 members (excludes halogenated alkanes) is 8. The summed E-state index contributed by atoms with van der Waals surface area (Å²) in [6.45, 7) is 5.44. The summed E-state index contributed by atoms with van der Waals surface area (Å²) in [4.78, 5) is 11.8. The average molecular weight is 402 g/mol. The first-order chi connectivity index (χ1) is 13.6. The van der Waals surface area contributed by atoms with Crippen LogP contribution in [0.2, 0.25) is 0 Å². The van der Waals surface area contributed by atoms with Gasteiger partial charge in [0.25, 0.3) is 0 Å². The number of nitrogens with one attached hydrogen (secondary N) is 1. The van der Waals surface area contributed by atoms with Gasteiger partial charge >= 0.3 is 5.97 Å². The van der Waals surface area contributed by atoms with Gasteiger partial charge in [-0.2, -0.15) is 0 Å². The van der Waals surface area contributed by atoms with Crippen molar-refractivity contribution in [1.29, 1.82) is 0 Å². The largest absolute Gasteiger partial charge is 0.481 e. The van der Waals surface area contributed by atoms with Gasteiger partial charge in [0.1, 0.15) is 0 Å². The third kappa shape index (κ3) is 15.3. The molecule has 0 rings (SSSR count). The summed E-state index contributed by atoms with van der Waals surface area (Å²) in [5.41, 5.74) is 0. The normalized spacial score (nSPS) is 14.7. The van der Waals surface area contributed by atoms with Gasteiger partial charge < -0.3 is 20.6 Å². The number of hydrogen-bond donors (Lipinski definition) is 4. The smallest absolute Gasteiger partial charge is 0.306 e. The minimum absolute atomic E-state index is 0.187. The molecule has 0 bridgehead atoms. The standard InChI is InChI=1S/C23H47NO4/c1-3-5-6-7-8-11-15-20(14-4-2)22(23(27)28)16-12-9-10-13-17-24-18-21(26)19-25/h20-22,24-26H,3-19H2,1-2H3,(H,27,28). The minimum Gasteiger partial charge on any atom is -0.481 e. The number of carbonyl (C=O) groups is 1. The van der Waals surface area contributed by atoms with Crippen LogP contribution in [-0.2, 0) is 4.79 Å². The van der Waals surface area contributed by atoms with Crippen LogP contribution in [0.5, 0.6) is 0 Å². The lowest BCUT2D eigenvalue weighted by atomic mass is 9.81. The second-order valence-electron chi connectivity index (χ2n) is 8.29. The fourth-order valence-corrected chi connectivity index (χ4v) is 3.97. The van der Waals surface area contributed by atoms with Gasteiger partial charge in [-0.25, -0.2) is 0 Å². The fraction of sp³-hybridized carbons (Fsp3) is 0.957. The zero-order valence-corrected chi connectivity index (χ0v) is 18.5. The van der Waals surface area contributed by atoms with E-state index >= 15 is 0 Å². The van der Waals surface area contributed by atoms with Crippen molar-refractivity contribution in [2.24, 2.45) is 11.8 Å². The van der Waals surface area contributed by atoms with E-state index in [0.717, 1.165) is 57.9 Å². The second-order valence-corrected chi connectivity index (χ2v) is 8.29. The summed E-state index contributed by atoms with van der Waals surface area (Å²) >= 11 is 0. The van der Waals surface area contributed by atoms with Gasteiger partial charge in [-0.05, 0) is 38.1 Å². The van der Waals surface area contributed by atoms with Crippen LogP contribution < -0.4 is 5.32 Å². The maximum Gasteiger partial charge on any atom is 0.306 e. The Morgan fingerprint density at radius 1 is 0.821 bits per heavy atom. The van der Waals surface area contributed by atoms with Gasteiger partial charge in [0, 0.05) is 6.54 Å². The minimum atomic E-state index is -0.682. The molecule has 0 saturated carbocycles. The highest BCUT2D eigenvalue weighted by molar-refractivity contribution is 5.70. The van der Waals surface area contributed by atoms with Crippen LogP contribution in [0.3, 0.4) is 0 Å². The van der Waals surface area contributed by atoms with Crippen molar-refractivity contribution in [1.82, 2.24) is 5.32 Å². The van der Waals surface area contributed by atoms with E-state index in [0.29, 0.717) is 12.5 Å². The topological polar surface area (TPSA) is 89.8 Å². The van der Waals surface area contributed by atoms with E-state index in [1.807, 2.05) is 0 Å². The molecule has 0 aromatic heterocycles. The SMILES string of the molecule is CCCCCCCCC(CCC)C(CCCCCCNCC(O)CO)C(=O)O. The molecule has 28 heavy (non-hydrogen) atoms. The summed E-state index contributed by atoms with van der Waals surface area (Å²) in [7, 11) is 0. The van der Waals surface area contributed by atoms with Crippen molar-refractivity contribution in [3.63, 3.8) is 0 Å². The predicted molar refractivity (Wildman–Crippen MR) is 117 cm³/mol. The van der Waals surface area contributed by atoms with Crippen molar-refractivity contribution >= 4 is 5.97 Å². The van der Waals surface area contributed by atoms with Crippen LogP contribution in [-0.4, -0.2) is 47.1 Å². The highest BCUT2D eigenvalue weighted by Gasteiger charge is 2.26. The quantitative estimate of drug-likeness (QED) is 0.208. The maximum absolute atomic E-state index is 11.8. The van der Waals surface area contributed by atoms with E-state index in [9.17, 15) is 15.0 Å². The molecule has 3 unspecified atom stereocenters. The molecule has 5 heteroatoms. The first-order valence-electron chi connectivity index (χ1n) is 11.8. The molecule has 0 radical (unpaired) electrons. The maximum atomic E-state index is 11.8. The van der Waals surface area contributed by atoms with Crippen LogP contribution in [0.15, 0.2) is 0 Å². The first kappa shape index (κ1) is 27.4. The Labute approximate surface area is 173 Å². The number of rotatable bonds is 21. The molecular formula is C23H47NO4. The van der Waals surface area contributed by atoms with E-state index in [4.69, 9.17) is 5.11 Å². The van der Waals surface area contributed by atoms with Crippen LogP contribution in [0.1, 0.15) is 104 Å². The van der Waals surface area contributed by atoms with Gasteiger partial charge in [-0.1, -0.05) is 78.1 Å². The molecule has 0 aliphatic carbocycles. The Morgan fingerprint density at radius 2 is 1.43 bits per heavy atom. The molecule has 0 spiro atoms. The Morgan fingerprint density at radius 3 is 2.04 bits per heavy atom. The Balaban J connectivity index is 4.03. The second kappa shape index (κ2) is 19.7. The molecule has 0 aliphatic heterocycles. The van der Waals surface area contributed by atoms with E-state index in [-0.39, 0.29) is 12.5 Å². The van der Waals surface area contributed by atoms with E-state index in [2.05, 4.69) is 19.2 Å². The molecule has 0 aromatic rings. The number of hydrogen-bond acceptors (Lipinski definition) is 4. The van der Waals surface area contributed by atoms with E-state index in [1.165, 1.54) is 38.5 Å². The van der Waals surface area contributed by atoms with Gasteiger partial charge in [-0.15, -0.1) is 0 Å². The summed E-state index contributed by atoms with van der Waals surface area (Å²) < 4.78 is 0. The van der Waals surface area contributed by atoms with Crippen molar-refractivity contribution in [2.45, 2.75) is 110 Å². The van der Waals surface area contributed by atoms with Crippen molar-refractivity contribution in [3.05, 3.63) is 0 Å². The van der Waals surface area contributed by atoms with Crippen molar-refractivity contribution < 1.29 is 20.1 Å². The number of carboxylic acid groups (broad SMARTS) is 1. The zero-order valence-electron chi connectivity index (χ0n) is 18.5. The zero-order chi connectivity index (χ0) is 21.0. The predicted octanol–water partition coefficient (Wildman–Crippen LogP) is 4.75. The molecule has 0 fully saturated rings. The molecule has 4 N–H and O–H groups in total. The summed E-state index contributed by atoms with van der Waals surface area (Å²) in [5, 5.41) is 30.9. The number of carboxylic acids is 1. The average Bonchev–Trinajstić information content (AvgIpc) is 2.68. The lowest BCUT2D eigenvalue weighted by Crippen LogP contribution is -2.29. The highest BCUT2D eigenvalue weighted by atomic mass is 16.4. The van der Waals surface area contributed by atoms with Crippen LogP contribution in [0, 0.1) is 11.8 Å². The van der Waals surface area contributed by atoms with Gasteiger partial charge in [-0.3, -0.25) is 4.79 Å². The third-order valence-electron chi connectivity index (χ3n) is 5.68. The number of aliphatic hydroxyl groups is 2. The van der Waals surface area contributed by atoms with Crippen LogP contribution in [0.25, 0.3) is 0 Å². The van der Waals surface area contributed by atoms with Crippen LogP contribution in [0.4, 0.5) is 0 Å². The molecule has 0 aliphatic rings. The molecule has 0 heterocycles. The molecule has 0 aromatic carbocycles. The summed E-state index contributed by atoms with van der Waals surface area (Å²) in [6.07, 6.45) is 15.0. The lowest BCUT2D eigenvalue weighted by Gasteiger charge is -2.24. The monoisotopic (exact) mass is 401 g/mol. The number of aliphatic carboxylic acids is 1. The molecule has 0 amide bonds. The van der Waals surface area contributed by atoms with Crippen LogP contribution >= 0.6 is 0 Å². The lowest BCUT2D eigenvalue weighted by molar-refractivity contribution is -0.144. The molecular weight excluding hydrogens is 354 g/mol.